The Balaban J connectivity index is 1.39. The molecular formula is C30H35F2N3O3. The van der Waals surface area contributed by atoms with Gasteiger partial charge in [-0.2, -0.15) is 0 Å². The van der Waals surface area contributed by atoms with Crippen LogP contribution in [0.4, 0.5) is 14.5 Å². The Kier molecular flexibility index (Phi) is 6.13. The lowest BCUT2D eigenvalue weighted by atomic mass is 9.58. The van der Waals surface area contributed by atoms with E-state index in [-0.39, 0.29) is 29.9 Å². The van der Waals surface area contributed by atoms with Crippen LogP contribution in [0.2, 0.25) is 0 Å². The first-order valence-corrected chi connectivity index (χ1v) is 13.5. The number of anilines is 1. The van der Waals surface area contributed by atoms with Crippen molar-refractivity contribution in [2.75, 3.05) is 25.5 Å². The van der Waals surface area contributed by atoms with Crippen molar-refractivity contribution in [3.05, 3.63) is 58.8 Å². The van der Waals surface area contributed by atoms with Crippen molar-refractivity contribution >= 4 is 22.6 Å². The van der Waals surface area contributed by atoms with Gasteiger partial charge in [0.1, 0.15) is 5.75 Å². The highest BCUT2D eigenvalue weighted by Crippen LogP contribution is 2.61. The zero-order valence-electron chi connectivity index (χ0n) is 21.9. The Morgan fingerprint density at radius 3 is 2.71 bits per heavy atom. The van der Waals surface area contributed by atoms with Crippen LogP contribution in [-0.4, -0.2) is 47.1 Å². The first kappa shape index (κ1) is 25.2. The van der Waals surface area contributed by atoms with Crippen molar-refractivity contribution in [3.63, 3.8) is 0 Å². The lowest BCUT2D eigenvalue weighted by Crippen LogP contribution is -2.53. The van der Waals surface area contributed by atoms with Gasteiger partial charge in [0.15, 0.2) is 0 Å². The van der Waals surface area contributed by atoms with Crippen molar-refractivity contribution in [1.29, 1.82) is 0 Å². The van der Waals surface area contributed by atoms with Gasteiger partial charge >= 0.3 is 5.97 Å². The average Bonchev–Trinajstić information content (AvgIpc) is 3.56. The molecule has 1 atom stereocenters. The Labute approximate surface area is 221 Å². The summed E-state index contributed by atoms with van der Waals surface area (Å²) in [4.78, 5) is 17.5. The molecule has 0 radical (unpaired) electrons. The van der Waals surface area contributed by atoms with Crippen LogP contribution >= 0.6 is 0 Å². The van der Waals surface area contributed by atoms with E-state index in [1.807, 2.05) is 18.3 Å². The maximum absolute atomic E-state index is 14.1. The van der Waals surface area contributed by atoms with E-state index in [0.717, 1.165) is 52.0 Å². The summed E-state index contributed by atoms with van der Waals surface area (Å²) < 4.78 is 34.1. The molecular weight excluding hydrogens is 488 g/mol. The quantitative estimate of drug-likeness (QED) is 0.304. The van der Waals surface area contributed by atoms with E-state index >= 15 is 0 Å². The van der Waals surface area contributed by atoms with Gasteiger partial charge < -0.3 is 20.1 Å². The molecule has 202 valence electrons. The Bertz CT molecular complexity index is 1370. The monoisotopic (exact) mass is 523 g/mol. The van der Waals surface area contributed by atoms with Crippen molar-refractivity contribution in [3.8, 4) is 5.75 Å². The number of aromatic amines is 1. The molecule has 3 fully saturated rings. The molecule has 3 aromatic rings. The predicted molar refractivity (Wildman–Crippen MR) is 143 cm³/mol. The van der Waals surface area contributed by atoms with Crippen LogP contribution in [0, 0.1) is 18.3 Å². The number of rotatable bonds is 8. The summed E-state index contributed by atoms with van der Waals surface area (Å²) in [5.74, 6) is -2.14. The molecule has 1 spiro atoms. The second-order valence-corrected chi connectivity index (χ2v) is 11.7. The molecule has 1 saturated heterocycles. The number of H-pyrrole nitrogens is 1. The van der Waals surface area contributed by atoms with Gasteiger partial charge in [0, 0.05) is 60.3 Å². The topological polar surface area (TPSA) is 77.6 Å². The van der Waals surface area contributed by atoms with E-state index in [0.29, 0.717) is 25.4 Å². The zero-order chi connectivity index (χ0) is 26.7. The number of hydrogen-bond donors (Lipinski definition) is 3. The number of methoxy groups -OCH3 is 1. The van der Waals surface area contributed by atoms with Crippen molar-refractivity contribution in [2.24, 2.45) is 11.3 Å². The smallest absolute Gasteiger partial charge is 0.335 e. The Morgan fingerprint density at radius 1 is 1.24 bits per heavy atom. The van der Waals surface area contributed by atoms with Gasteiger partial charge in [-0.3, -0.25) is 4.90 Å². The number of aromatic carboxylic acids is 1. The molecule has 38 heavy (non-hydrogen) atoms. The number of ether oxygens (including phenoxy) is 1. The number of nitrogens with zero attached hydrogens (tertiary/aromatic N) is 1. The van der Waals surface area contributed by atoms with Gasteiger partial charge in [-0.15, -0.1) is 0 Å². The molecule has 0 bridgehead atoms. The zero-order valence-corrected chi connectivity index (χ0v) is 21.9. The van der Waals surface area contributed by atoms with Gasteiger partial charge in [-0.1, -0.05) is 6.07 Å². The molecule has 8 heteroatoms. The molecule has 1 aliphatic heterocycles. The first-order valence-electron chi connectivity index (χ1n) is 13.5. The molecule has 0 amide bonds. The van der Waals surface area contributed by atoms with E-state index in [1.54, 1.807) is 19.2 Å². The average molecular weight is 524 g/mol. The molecule has 2 aromatic carbocycles. The number of piperidine rings is 1. The Hall–Kier alpha value is -3.13. The van der Waals surface area contributed by atoms with Crippen LogP contribution in [0.5, 0.6) is 5.75 Å². The number of hydrogen-bond acceptors (Lipinski definition) is 4. The van der Waals surface area contributed by atoms with Crippen LogP contribution in [0.3, 0.4) is 0 Å². The molecule has 2 aliphatic carbocycles. The number of alkyl halides is 2. The van der Waals surface area contributed by atoms with Crippen LogP contribution in [-0.2, 0) is 6.54 Å². The maximum Gasteiger partial charge on any atom is 0.335 e. The summed E-state index contributed by atoms with van der Waals surface area (Å²) in [6, 6.07) is 9.24. The van der Waals surface area contributed by atoms with Crippen molar-refractivity contribution in [1.82, 2.24) is 9.88 Å². The summed E-state index contributed by atoms with van der Waals surface area (Å²) >= 11 is 0. The van der Waals surface area contributed by atoms with Crippen LogP contribution in [0.25, 0.3) is 10.9 Å². The number of carbonyl (C=O) groups is 1. The Morgan fingerprint density at radius 2 is 2.03 bits per heavy atom. The van der Waals surface area contributed by atoms with E-state index in [1.165, 1.54) is 12.8 Å². The first-order chi connectivity index (χ1) is 18.2. The minimum absolute atomic E-state index is 0.0711. The molecule has 6 rings (SSSR count). The summed E-state index contributed by atoms with van der Waals surface area (Å²) in [6.07, 6.45) is 5.49. The van der Waals surface area contributed by atoms with Crippen molar-refractivity contribution in [2.45, 2.75) is 64.0 Å². The third kappa shape index (κ3) is 4.64. The maximum atomic E-state index is 14.1. The summed E-state index contributed by atoms with van der Waals surface area (Å²) in [5, 5.41) is 14.3. The highest BCUT2D eigenvalue weighted by molar-refractivity contribution is 5.89. The number of aryl methyl sites for hydroxylation is 1. The van der Waals surface area contributed by atoms with E-state index in [9.17, 15) is 18.7 Å². The van der Waals surface area contributed by atoms with E-state index < -0.39 is 11.9 Å². The normalized spacial score (nSPS) is 22.4. The number of nitrogens with one attached hydrogen (secondary N) is 2. The second kappa shape index (κ2) is 9.26. The molecule has 1 aromatic heterocycles. The molecule has 6 nitrogen and oxygen atoms in total. The van der Waals surface area contributed by atoms with Crippen LogP contribution in [0.1, 0.15) is 71.6 Å². The lowest BCUT2D eigenvalue weighted by molar-refractivity contribution is -0.186. The highest BCUT2D eigenvalue weighted by Gasteiger charge is 2.58. The SMILES string of the molecule is COc1cc(C)c2[nH]ccc2c1CN1CCC2(C[C@H]1c1ccc(C(=O)O)cc1NCC1CC1)CC(F)(F)C2. The van der Waals surface area contributed by atoms with E-state index in [4.69, 9.17) is 4.74 Å². The predicted octanol–water partition coefficient (Wildman–Crippen LogP) is 6.76. The van der Waals surface area contributed by atoms with Crippen LogP contribution in [0.15, 0.2) is 36.5 Å². The summed E-state index contributed by atoms with van der Waals surface area (Å²) in [5.41, 5.74) is 4.88. The van der Waals surface area contributed by atoms with Gasteiger partial charge in [-0.25, -0.2) is 13.6 Å². The standard InChI is InChI=1S/C30H35F2N3O3/c1-18-11-26(38-2)23(21-7-9-33-27(18)21)15-35-10-8-29(16-30(31,32)17-29)13-25(35)22-6-5-20(28(36)37)12-24(22)34-14-19-3-4-19/h5-7,9,11-12,19,25,33-34H,3-4,8,10,13-17H2,1-2H3,(H,36,37)/t25-/m0/s1. The molecule has 2 heterocycles. The minimum atomic E-state index is -2.59. The number of halogens is 2. The fraction of sp³-hybridized carbons (Fsp3) is 0.500. The van der Waals surface area contributed by atoms with E-state index in [2.05, 4.69) is 28.2 Å². The minimum Gasteiger partial charge on any atom is -0.496 e. The van der Waals surface area contributed by atoms with Crippen molar-refractivity contribution < 1.29 is 23.4 Å². The highest BCUT2D eigenvalue weighted by atomic mass is 19.3. The largest absolute Gasteiger partial charge is 0.496 e. The third-order valence-corrected chi connectivity index (χ3v) is 8.89. The fourth-order valence-electron chi connectivity index (χ4n) is 6.73. The molecule has 0 unspecified atom stereocenters. The summed E-state index contributed by atoms with van der Waals surface area (Å²) in [7, 11) is 1.68. The number of likely N-dealkylation sites (tertiary alicyclic amines) is 1. The second-order valence-electron chi connectivity index (χ2n) is 11.7. The van der Waals surface area contributed by atoms with Gasteiger partial charge in [0.05, 0.1) is 12.7 Å². The number of aromatic nitrogens is 1. The lowest BCUT2D eigenvalue weighted by Gasteiger charge is -2.55. The number of benzene rings is 2. The van der Waals surface area contributed by atoms with Gasteiger partial charge in [0.2, 0.25) is 5.92 Å². The number of carboxylic acids is 1. The summed E-state index contributed by atoms with van der Waals surface area (Å²) in [6.45, 7) is 4.14. The molecule has 3 N–H and O–H groups in total. The molecule has 2 saturated carbocycles. The van der Waals surface area contributed by atoms with Gasteiger partial charge in [-0.05, 0) is 85.9 Å². The fourth-order valence-corrected chi connectivity index (χ4v) is 6.73. The number of fused-ring (bicyclic) bond motifs is 1. The number of carboxylic acid groups (broad SMARTS) is 1. The molecule has 3 aliphatic rings. The van der Waals surface area contributed by atoms with Gasteiger partial charge in [0.25, 0.3) is 0 Å². The third-order valence-electron chi connectivity index (χ3n) is 8.89. The van der Waals surface area contributed by atoms with Crippen LogP contribution < -0.4 is 10.1 Å².